The zero-order valence-corrected chi connectivity index (χ0v) is 6.91. The van der Waals surface area contributed by atoms with Crippen molar-refractivity contribution in [1.82, 2.24) is 19.8 Å². The Balaban J connectivity index is 0.000000640. The molecule has 0 spiro atoms. The average Bonchev–Trinajstić information content (AvgIpc) is 1.98. The molecule has 0 saturated carbocycles. The quantitative estimate of drug-likeness (QED) is 0.588. The van der Waals surface area contributed by atoms with Gasteiger partial charge in [-0.1, -0.05) is 0 Å². The molecular weight excluding hydrogens is 186 g/mol. The maximum absolute atomic E-state index is 7.12. The number of tetrazole rings is 1. The van der Waals surface area contributed by atoms with E-state index in [0.29, 0.717) is 5.62 Å². The van der Waals surface area contributed by atoms with Crippen molar-refractivity contribution < 1.29 is 0 Å². The van der Waals surface area contributed by atoms with Crippen LogP contribution in [0.4, 0.5) is 0 Å². The minimum absolute atomic E-state index is 0. The average molecular weight is 194 g/mol. The first kappa shape index (κ1) is 8.35. The third-order valence-electron chi connectivity index (χ3n) is 0.921. The molecule has 0 aliphatic rings. The third-order valence-corrected chi connectivity index (χ3v) is 0.921. The summed E-state index contributed by atoms with van der Waals surface area (Å²) in [7, 11) is 3.35. The molecule has 0 fully saturated rings. The van der Waals surface area contributed by atoms with Crippen LogP contribution in [0.2, 0.25) is 0 Å². The summed E-state index contributed by atoms with van der Waals surface area (Å²) in [6, 6.07) is 0. The molecule has 1 aromatic heterocycles. The molecule has 1 heterocycles. The standard InChI is InChI=1S/C3H7N5.BrH/c1-7-3(4)8(2)6-5-7;/h4H,1-2H3;1H. The highest BCUT2D eigenvalue weighted by atomic mass is 79.9. The molecule has 0 unspecified atom stereocenters. The van der Waals surface area contributed by atoms with Gasteiger partial charge in [0.2, 0.25) is 5.62 Å². The first-order chi connectivity index (χ1) is 3.72. The monoisotopic (exact) mass is 193 g/mol. The second-order valence-corrected chi connectivity index (χ2v) is 1.55. The Hall–Kier alpha value is -0.650. The van der Waals surface area contributed by atoms with Crippen LogP contribution in [0.5, 0.6) is 0 Å². The number of halogens is 1. The Kier molecular flexibility index (Phi) is 2.57. The van der Waals surface area contributed by atoms with Gasteiger partial charge in [0, 0.05) is 14.1 Å². The van der Waals surface area contributed by atoms with Crippen LogP contribution in [0.1, 0.15) is 0 Å². The smallest absolute Gasteiger partial charge is 0.237 e. The lowest BCUT2D eigenvalue weighted by Gasteiger charge is -1.80. The zero-order chi connectivity index (χ0) is 6.15. The fraction of sp³-hybridized carbons (Fsp3) is 0.667. The van der Waals surface area contributed by atoms with E-state index < -0.39 is 0 Å². The van der Waals surface area contributed by atoms with Crippen LogP contribution in [-0.2, 0) is 14.1 Å². The van der Waals surface area contributed by atoms with Crippen LogP contribution in [-0.4, -0.2) is 19.8 Å². The summed E-state index contributed by atoms with van der Waals surface area (Å²) in [5.74, 6) is 0. The SMILES string of the molecule is Br.Cn1nnn(C)c1=N. The van der Waals surface area contributed by atoms with Gasteiger partial charge in [-0.05, 0) is 10.4 Å². The van der Waals surface area contributed by atoms with Gasteiger partial charge in [0.15, 0.2) is 0 Å². The lowest BCUT2D eigenvalue weighted by Crippen LogP contribution is -2.20. The Morgan fingerprint density at radius 1 is 1.22 bits per heavy atom. The molecule has 0 atom stereocenters. The fourth-order valence-electron chi connectivity index (χ4n) is 0.414. The molecule has 0 radical (unpaired) electrons. The molecule has 52 valence electrons. The normalized spacial score (nSPS) is 8.67. The number of hydrogen-bond donors (Lipinski definition) is 1. The number of hydrogen-bond acceptors (Lipinski definition) is 3. The summed E-state index contributed by atoms with van der Waals surface area (Å²) in [5, 5.41) is 14.2. The summed E-state index contributed by atoms with van der Waals surface area (Å²) >= 11 is 0. The molecule has 0 bridgehead atoms. The second-order valence-electron chi connectivity index (χ2n) is 1.55. The summed E-state index contributed by atoms with van der Waals surface area (Å²) in [6.07, 6.45) is 0. The van der Waals surface area contributed by atoms with Crippen LogP contribution >= 0.6 is 17.0 Å². The first-order valence-electron chi connectivity index (χ1n) is 2.19. The van der Waals surface area contributed by atoms with E-state index in [1.165, 1.54) is 9.36 Å². The number of aryl methyl sites for hydroxylation is 2. The molecule has 6 heteroatoms. The van der Waals surface area contributed by atoms with Crippen molar-refractivity contribution in [2.75, 3.05) is 0 Å². The van der Waals surface area contributed by atoms with Gasteiger partial charge in [-0.25, -0.2) is 9.36 Å². The van der Waals surface area contributed by atoms with Crippen LogP contribution in [0.3, 0.4) is 0 Å². The van der Waals surface area contributed by atoms with Crippen molar-refractivity contribution in [3.05, 3.63) is 5.62 Å². The molecule has 1 N–H and O–H groups in total. The topological polar surface area (TPSA) is 59.5 Å². The molecule has 9 heavy (non-hydrogen) atoms. The van der Waals surface area contributed by atoms with Gasteiger partial charge < -0.3 is 0 Å². The lowest BCUT2D eigenvalue weighted by atomic mass is 11.1. The minimum Gasteiger partial charge on any atom is -0.266 e. The van der Waals surface area contributed by atoms with Gasteiger partial charge in [0.25, 0.3) is 0 Å². The molecule has 0 amide bonds. The highest BCUT2D eigenvalue weighted by Crippen LogP contribution is 1.56. The summed E-state index contributed by atoms with van der Waals surface area (Å²) < 4.78 is 2.78. The van der Waals surface area contributed by atoms with E-state index >= 15 is 0 Å². The van der Waals surface area contributed by atoms with Crippen molar-refractivity contribution in [3.63, 3.8) is 0 Å². The Morgan fingerprint density at radius 2 is 1.56 bits per heavy atom. The zero-order valence-electron chi connectivity index (χ0n) is 5.20. The van der Waals surface area contributed by atoms with Gasteiger partial charge in [-0.15, -0.1) is 17.0 Å². The molecule has 0 aromatic carbocycles. The molecule has 1 aromatic rings. The Bertz CT molecular complexity index is 212. The molecule has 0 saturated heterocycles. The predicted molar refractivity (Wildman–Crippen MR) is 36.2 cm³/mol. The first-order valence-corrected chi connectivity index (χ1v) is 2.19. The lowest BCUT2D eigenvalue weighted by molar-refractivity contribution is 0.676. The maximum atomic E-state index is 7.12. The highest BCUT2D eigenvalue weighted by Gasteiger charge is 1.88. The fourth-order valence-corrected chi connectivity index (χ4v) is 0.414. The highest BCUT2D eigenvalue weighted by molar-refractivity contribution is 8.93. The largest absolute Gasteiger partial charge is 0.266 e. The van der Waals surface area contributed by atoms with E-state index in [-0.39, 0.29) is 17.0 Å². The van der Waals surface area contributed by atoms with Gasteiger partial charge in [-0.3, -0.25) is 5.41 Å². The number of nitrogens with one attached hydrogen (secondary N) is 1. The van der Waals surface area contributed by atoms with E-state index in [4.69, 9.17) is 5.41 Å². The predicted octanol–water partition coefficient (Wildman–Crippen LogP) is -0.789. The molecule has 0 aliphatic carbocycles. The Labute approximate surface area is 62.6 Å². The van der Waals surface area contributed by atoms with Gasteiger partial charge in [0.1, 0.15) is 0 Å². The van der Waals surface area contributed by atoms with E-state index in [9.17, 15) is 0 Å². The molecule has 0 aliphatic heterocycles. The van der Waals surface area contributed by atoms with Crippen molar-refractivity contribution in [2.45, 2.75) is 0 Å². The van der Waals surface area contributed by atoms with Crippen LogP contribution in [0.25, 0.3) is 0 Å². The van der Waals surface area contributed by atoms with E-state index in [0.717, 1.165) is 0 Å². The van der Waals surface area contributed by atoms with Crippen molar-refractivity contribution in [3.8, 4) is 0 Å². The molecule has 5 nitrogen and oxygen atoms in total. The second kappa shape index (κ2) is 2.77. The summed E-state index contributed by atoms with van der Waals surface area (Å²) in [6.45, 7) is 0. The third kappa shape index (κ3) is 1.38. The minimum atomic E-state index is 0. The van der Waals surface area contributed by atoms with Crippen LogP contribution < -0.4 is 5.62 Å². The van der Waals surface area contributed by atoms with Gasteiger partial charge in [-0.2, -0.15) is 0 Å². The van der Waals surface area contributed by atoms with E-state index in [1.54, 1.807) is 14.1 Å². The summed E-state index contributed by atoms with van der Waals surface area (Å²) in [5.41, 5.74) is 0.296. The Morgan fingerprint density at radius 3 is 1.67 bits per heavy atom. The van der Waals surface area contributed by atoms with Crippen molar-refractivity contribution >= 4 is 17.0 Å². The molecular formula is C3H8BrN5. The van der Waals surface area contributed by atoms with Crippen LogP contribution in [0, 0.1) is 5.41 Å². The molecule has 1 rings (SSSR count). The number of rotatable bonds is 0. The van der Waals surface area contributed by atoms with Crippen molar-refractivity contribution in [1.29, 1.82) is 5.41 Å². The number of aromatic nitrogens is 4. The summed E-state index contributed by atoms with van der Waals surface area (Å²) in [4.78, 5) is 0. The number of nitrogens with zero attached hydrogens (tertiary/aromatic N) is 4. The van der Waals surface area contributed by atoms with E-state index in [2.05, 4.69) is 10.4 Å². The van der Waals surface area contributed by atoms with Gasteiger partial charge >= 0.3 is 0 Å². The maximum Gasteiger partial charge on any atom is 0.237 e. The van der Waals surface area contributed by atoms with Gasteiger partial charge in [0.05, 0.1) is 0 Å². The van der Waals surface area contributed by atoms with Crippen molar-refractivity contribution in [2.24, 2.45) is 14.1 Å². The van der Waals surface area contributed by atoms with E-state index in [1.807, 2.05) is 0 Å². The van der Waals surface area contributed by atoms with Crippen LogP contribution in [0.15, 0.2) is 0 Å².